The Bertz CT molecular complexity index is 1180. The highest BCUT2D eigenvalue weighted by Gasteiger charge is 2.34. The Hall–Kier alpha value is -2.12. The summed E-state index contributed by atoms with van der Waals surface area (Å²) in [5, 5.41) is 21.7. The first-order valence-electron chi connectivity index (χ1n) is 12.1. The van der Waals surface area contributed by atoms with Crippen molar-refractivity contribution >= 4 is 27.8 Å². The fourth-order valence-electron chi connectivity index (χ4n) is 3.71. The molecule has 0 saturated heterocycles. The number of nitrogens with one attached hydrogen (secondary N) is 1. The topological polar surface area (TPSA) is 107 Å². The summed E-state index contributed by atoms with van der Waals surface area (Å²) in [6, 6.07) is 12.3. The highest BCUT2D eigenvalue weighted by molar-refractivity contribution is 8.00. The molecule has 0 heterocycles. The number of aryl methyl sites for hydroxylation is 1. The highest BCUT2D eigenvalue weighted by atomic mass is 32.2. The van der Waals surface area contributed by atoms with Gasteiger partial charge >= 0.3 is 12.1 Å². The van der Waals surface area contributed by atoms with Crippen LogP contribution in [0.3, 0.4) is 0 Å². The number of nitrogens with zero attached hydrogens (tertiary/aromatic N) is 1. The molecule has 2 rings (SSSR count). The average molecular weight is 577 g/mol. The van der Waals surface area contributed by atoms with Gasteiger partial charge in [-0.3, -0.25) is 4.79 Å². The van der Waals surface area contributed by atoms with Gasteiger partial charge in [-0.1, -0.05) is 30.3 Å². The van der Waals surface area contributed by atoms with Crippen LogP contribution in [-0.2, 0) is 27.4 Å². The fraction of sp³-hybridized carbons (Fsp3) is 0.500. The van der Waals surface area contributed by atoms with Gasteiger partial charge in [0.15, 0.2) is 0 Å². The molecular formula is C26H35F3N2O5S2. The van der Waals surface area contributed by atoms with Crippen LogP contribution in [0.1, 0.15) is 44.7 Å². The van der Waals surface area contributed by atoms with E-state index in [2.05, 4.69) is 17.4 Å². The zero-order chi connectivity index (χ0) is 28.7. The number of carbonyl (C=O) groups is 1. The number of hydrogen-bond acceptors (Lipinski definition) is 6. The third-order valence-corrected chi connectivity index (χ3v) is 8.83. The summed E-state index contributed by atoms with van der Waals surface area (Å²) in [6.07, 6.45) is -3.33. The Kier molecular flexibility index (Phi) is 11.2. The van der Waals surface area contributed by atoms with Crippen LogP contribution in [-0.4, -0.2) is 65.9 Å². The van der Waals surface area contributed by atoms with Crippen LogP contribution >= 0.6 is 11.8 Å². The quantitative estimate of drug-likeness (QED) is 0.281. The Morgan fingerprint density at radius 1 is 1.13 bits per heavy atom. The maximum Gasteiger partial charge on any atom is 0.416 e. The molecule has 0 bridgehead atoms. The van der Waals surface area contributed by atoms with Crippen molar-refractivity contribution in [3.05, 3.63) is 59.7 Å². The molecule has 0 aliphatic carbocycles. The monoisotopic (exact) mass is 576 g/mol. The summed E-state index contributed by atoms with van der Waals surface area (Å²) in [5.74, 6) is -1.24. The molecule has 2 aromatic rings. The van der Waals surface area contributed by atoms with Crippen LogP contribution in [0, 0.1) is 0 Å². The number of aliphatic hydroxyl groups is 1. The van der Waals surface area contributed by atoms with E-state index in [1.807, 2.05) is 32.0 Å². The van der Waals surface area contributed by atoms with Crippen molar-refractivity contribution in [2.45, 2.75) is 72.9 Å². The maximum atomic E-state index is 13.5. The molecule has 0 fully saturated rings. The molecular weight excluding hydrogens is 541 g/mol. The second-order valence-corrected chi connectivity index (χ2v) is 13.3. The molecule has 0 amide bonds. The van der Waals surface area contributed by atoms with Gasteiger partial charge in [0.2, 0.25) is 10.0 Å². The summed E-state index contributed by atoms with van der Waals surface area (Å²) in [5.41, 5.74) is -0.309. The lowest BCUT2D eigenvalue weighted by Gasteiger charge is -2.29. The number of carboxylic acid groups (broad SMARTS) is 1. The first-order valence-corrected chi connectivity index (χ1v) is 14.4. The number of halogens is 3. The summed E-state index contributed by atoms with van der Waals surface area (Å²) in [4.78, 5) is 10.4. The first-order chi connectivity index (χ1) is 17.5. The molecule has 0 saturated carbocycles. The van der Waals surface area contributed by atoms with E-state index in [-0.39, 0.29) is 23.5 Å². The molecule has 212 valence electrons. The first kappa shape index (κ1) is 32.1. The van der Waals surface area contributed by atoms with Crippen LogP contribution in [0.5, 0.6) is 0 Å². The molecule has 2 unspecified atom stereocenters. The standard InChI is InChI=1S/C26H35F3N2O5S2/c1-18(24(33)34)37-22-13-20(26(27,28)29)14-23(15-22)38(35,36)31(4)17-21(32)16-30-25(2,3)12-8-11-19-9-6-5-7-10-19/h5-7,9-10,13-15,18,21,30,32H,8,11-12,16-17H2,1-4H3,(H,33,34). The number of β-amino-alcohol motifs (C(OH)–C–C–N with tert-alkyl or cyclic N) is 1. The van der Waals surface area contributed by atoms with Crippen LogP contribution in [0.15, 0.2) is 58.3 Å². The minimum Gasteiger partial charge on any atom is -0.480 e. The van der Waals surface area contributed by atoms with Crippen LogP contribution in [0.2, 0.25) is 0 Å². The van der Waals surface area contributed by atoms with E-state index in [0.29, 0.717) is 17.8 Å². The van der Waals surface area contributed by atoms with Gasteiger partial charge in [0.25, 0.3) is 0 Å². The van der Waals surface area contributed by atoms with E-state index >= 15 is 0 Å². The number of aliphatic carboxylic acids is 1. The van der Waals surface area contributed by atoms with Crippen molar-refractivity contribution < 1.29 is 36.6 Å². The van der Waals surface area contributed by atoms with Gasteiger partial charge < -0.3 is 15.5 Å². The number of alkyl halides is 3. The summed E-state index contributed by atoms with van der Waals surface area (Å²) in [6.45, 7) is 4.98. The van der Waals surface area contributed by atoms with Gasteiger partial charge in [-0.15, -0.1) is 11.8 Å². The molecule has 0 radical (unpaired) electrons. The SMILES string of the molecule is CC(Sc1cc(C(F)(F)F)cc(S(=O)(=O)N(C)CC(O)CNC(C)(C)CCCc2ccccc2)c1)C(=O)O. The summed E-state index contributed by atoms with van der Waals surface area (Å²) >= 11 is 0.612. The van der Waals surface area contributed by atoms with E-state index in [9.17, 15) is 31.5 Å². The van der Waals surface area contributed by atoms with Crippen molar-refractivity contribution in [2.75, 3.05) is 20.1 Å². The molecule has 0 aromatic heterocycles. The Balaban J connectivity index is 2.05. The van der Waals surface area contributed by atoms with E-state index in [0.717, 1.165) is 35.7 Å². The molecule has 3 N–H and O–H groups in total. The van der Waals surface area contributed by atoms with Crippen molar-refractivity contribution in [1.29, 1.82) is 0 Å². The van der Waals surface area contributed by atoms with Gasteiger partial charge in [-0.25, -0.2) is 8.42 Å². The lowest BCUT2D eigenvalue weighted by molar-refractivity contribution is -0.138. The largest absolute Gasteiger partial charge is 0.480 e. The number of rotatable bonds is 14. The van der Waals surface area contributed by atoms with Crippen molar-refractivity contribution in [2.24, 2.45) is 0 Å². The predicted octanol–water partition coefficient (Wildman–Crippen LogP) is 4.64. The van der Waals surface area contributed by atoms with E-state index in [4.69, 9.17) is 5.11 Å². The minimum absolute atomic E-state index is 0.0814. The maximum absolute atomic E-state index is 13.5. The Morgan fingerprint density at radius 3 is 2.34 bits per heavy atom. The molecule has 0 aliphatic rings. The van der Waals surface area contributed by atoms with E-state index in [1.54, 1.807) is 0 Å². The van der Waals surface area contributed by atoms with Gasteiger partial charge in [0.05, 0.1) is 16.6 Å². The normalized spacial score (nSPS) is 14.4. The van der Waals surface area contributed by atoms with Gasteiger partial charge in [-0.2, -0.15) is 17.5 Å². The lowest BCUT2D eigenvalue weighted by atomic mass is 9.95. The number of carboxylic acids is 1. The fourth-order valence-corrected chi connectivity index (χ4v) is 5.96. The zero-order valence-electron chi connectivity index (χ0n) is 21.8. The third kappa shape index (κ3) is 9.88. The van der Waals surface area contributed by atoms with Crippen LogP contribution in [0.4, 0.5) is 13.2 Å². The number of likely N-dealkylation sites (N-methyl/N-ethyl adjacent to an activating group) is 1. The number of benzene rings is 2. The molecule has 2 atom stereocenters. The molecule has 2 aromatic carbocycles. The smallest absolute Gasteiger partial charge is 0.416 e. The molecule has 0 spiro atoms. The summed E-state index contributed by atoms with van der Waals surface area (Å²) in [7, 11) is -3.23. The number of hydrogen-bond donors (Lipinski definition) is 3. The third-order valence-electron chi connectivity index (χ3n) is 5.97. The molecule has 38 heavy (non-hydrogen) atoms. The lowest BCUT2D eigenvalue weighted by Crippen LogP contribution is -2.46. The molecule has 0 aliphatic heterocycles. The predicted molar refractivity (Wildman–Crippen MR) is 142 cm³/mol. The van der Waals surface area contributed by atoms with Crippen molar-refractivity contribution in [3.63, 3.8) is 0 Å². The van der Waals surface area contributed by atoms with E-state index in [1.165, 1.54) is 19.5 Å². The van der Waals surface area contributed by atoms with Gasteiger partial charge in [-0.05, 0) is 63.8 Å². The van der Waals surface area contributed by atoms with Crippen molar-refractivity contribution in [3.8, 4) is 0 Å². The number of thioether (sulfide) groups is 1. The van der Waals surface area contributed by atoms with Crippen LogP contribution in [0.25, 0.3) is 0 Å². The van der Waals surface area contributed by atoms with Crippen LogP contribution < -0.4 is 5.32 Å². The average Bonchev–Trinajstić information content (AvgIpc) is 2.82. The number of sulfonamides is 1. The zero-order valence-corrected chi connectivity index (χ0v) is 23.5. The number of aliphatic hydroxyl groups excluding tert-OH is 1. The Morgan fingerprint density at radius 2 is 1.76 bits per heavy atom. The highest BCUT2D eigenvalue weighted by Crippen LogP contribution is 2.36. The van der Waals surface area contributed by atoms with E-state index < -0.39 is 44.0 Å². The second-order valence-electron chi connectivity index (χ2n) is 9.83. The minimum atomic E-state index is -4.83. The molecule has 7 nitrogen and oxygen atoms in total. The van der Waals surface area contributed by atoms with Gasteiger partial charge in [0.1, 0.15) is 5.25 Å². The second kappa shape index (κ2) is 13.3. The molecule has 12 heteroatoms. The Labute approximate surface area is 226 Å². The van der Waals surface area contributed by atoms with Crippen molar-refractivity contribution in [1.82, 2.24) is 9.62 Å². The van der Waals surface area contributed by atoms with Gasteiger partial charge in [0, 0.05) is 30.6 Å². The summed E-state index contributed by atoms with van der Waals surface area (Å²) < 4.78 is 67.4.